The van der Waals surface area contributed by atoms with Crippen LogP contribution in [0.2, 0.25) is 0 Å². The summed E-state index contributed by atoms with van der Waals surface area (Å²) in [7, 11) is 0. The first kappa shape index (κ1) is 10.6. The van der Waals surface area contributed by atoms with Crippen LogP contribution in [0.4, 0.5) is 0 Å². The van der Waals surface area contributed by atoms with Crippen molar-refractivity contribution in [3.05, 3.63) is 29.8 Å². The first-order chi connectivity index (χ1) is 6.77. The van der Waals surface area contributed by atoms with E-state index in [1.807, 2.05) is 13.0 Å². The van der Waals surface area contributed by atoms with Gasteiger partial charge >= 0.3 is 0 Å². The van der Waals surface area contributed by atoms with Gasteiger partial charge in [-0.1, -0.05) is 19.1 Å². The van der Waals surface area contributed by atoms with E-state index < -0.39 is 6.10 Å². The van der Waals surface area contributed by atoms with Gasteiger partial charge in [0.2, 0.25) is 0 Å². The van der Waals surface area contributed by atoms with E-state index in [4.69, 9.17) is 10.00 Å². The van der Waals surface area contributed by atoms with Gasteiger partial charge in [0, 0.05) is 0 Å². The molecule has 0 spiro atoms. The van der Waals surface area contributed by atoms with E-state index in [9.17, 15) is 5.11 Å². The maximum atomic E-state index is 9.27. The molecule has 1 aromatic carbocycles. The average Bonchev–Trinajstić information content (AvgIpc) is 2.26. The zero-order chi connectivity index (χ0) is 10.4. The summed E-state index contributed by atoms with van der Waals surface area (Å²) in [4.78, 5) is 0. The Morgan fingerprint density at radius 3 is 2.86 bits per heavy atom. The number of rotatable bonds is 4. The molecule has 14 heavy (non-hydrogen) atoms. The van der Waals surface area contributed by atoms with Crippen molar-refractivity contribution in [2.75, 3.05) is 6.61 Å². The van der Waals surface area contributed by atoms with Crippen molar-refractivity contribution < 1.29 is 9.84 Å². The van der Waals surface area contributed by atoms with Gasteiger partial charge in [-0.05, 0) is 18.6 Å². The topological polar surface area (TPSA) is 53.2 Å². The Labute approximate surface area is 83.6 Å². The van der Waals surface area contributed by atoms with Gasteiger partial charge in [-0.15, -0.1) is 0 Å². The molecule has 0 aliphatic carbocycles. The van der Waals surface area contributed by atoms with Crippen molar-refractivity contribution in [1.82, 2.24) is 0 Å². The fraction of sp³-hybridized carbons (Fsp3) is 0.364. The van der Waals surface area contributed by atoms with Crippen molar-refractivity contribution in [3.8, 4) is 11.8 Å². The van der Waals surface area contributed by atoms with E-state index in [-0.39, 0.29) is 6.61 Å². The van der Waals surface area contributed by atoms with E-state index in [1.54, 1.807) is 24.3 Å². The molecule has 3 heteroatoms. The molecule has 1 aromatic rings. The highest BCUT2D eigenvalue weighted by Gasteiger charge is 2.04. The van der Waals surface area contributed by atoms with Crippen LogP contribution in [0.25, 0.3) is 0 Å². The van der Waals surface area contributed by atoms with Crippen molar-refractivity contribution in [1.29, 1.82) is 5.26 Å². The van der Waals surface area contributed by atoms with Crippen LogP contribution in [-0.2, 0) is 0 Å². The van der Waals surface area contributed by atoms with Crippen molar-refractivity contribution in [3.63, 3.8) is 0 Å². The van der Waals surface area contributed by atoms with Gasteiger partial charge in [0.05, 0.1) is 11.7 Å². The first-order valence-corrected chi connectivity index (χ1v) is 4.58. The molecule has 1 unspecified atom stereocenters. The van der Waals surface area contributed by atoms with Gasteiger partial charge in [0.1, 0.15) is 18.4 Å². The standard InChI is InChI=1S/C11H13NO2/c1-2-10(13)8-14-11-6-4-3-5-9(11)7-12/h3-6,10,13H,2,8H2,1H3. The molecule has 0 radical (unpaired) electrons. The van der Waals surface area contributed by atoms with E-state index in [0.29, 0.717) is 17.7 Å². The van der Waals surface area contributed by atoms with Crippen LogP contribution < -0.4 is 4.74 Å². The van der Waals surface area contributed by atoms with E-state index in [0.717, 1.165) is 0 Å². The Morgan fingerprint density at radius 1 is 1.50 bits per heavy atom. The number of para-hydroxylation sites is 1. The van der Waals surface area contributed by atoms with Gasteiger partial charge in [-0.2, -0.15) is 5.26 Å². The molecule has 0 fully saturated rings. The van der Waals surface area contributed by atoms with Crippen LogP contribution in [-0.4, -0.2) is 17.8 Å². The number of hydrogen-bond donors (Lipinski definition) is 1. The van der Waals surface area contributed by atoms with Crippen LogP contribution in [0.5, 0.6) is 5.75 Å². The third-order valence-electron chi connectivity index (χ3n) is 1.91. The predicted octanol–water partition coefficient (Wildman–Crippen LogP) is 1.71. The maximum Gasteiger partial charge on any atom is 0.137 e. The highest BCUT2D eigenvalue weighted by atomic mass is 16.5. The largest absolute Gasteiger partial charge is 0.490 e. The molecule has 3 nitrogen and oxygen atoms in total. The fourth-order valence-corrected chi connectivity index (χ4v) is 0.989. The second-order valence-electron chi connectivity index (χ2n) is 2.98. The Bertz CT molecular complexity index is 330. The lowest BCUT2D eigenvalue weighted by atomic mass is 10.2. The number of nitriles is 1. The molecule has 0 bridgehead atoms. The Morgan fingerprint density at radius 2 is 2.21 bits per heavy atom. The van der Waals surface area contributed by atoms with Gasteiger partial charge in [0.25, 0.3) is 0 Å². The number of nitrogens with zero attached hydrogens (tertiary/aromatic N) is 1. The van der Waals surface area contributed by atoms with Crippen LogP contribution in [0, 0.1) is 11.3 Å². The Balaban J connectivity index is 2.63. The molecule has 1 N–H and O–H groups in total. The lowest BCUT2D eigenvalue weighted by Gasteiger charge is -2.10. The van der Waals surface area contributed by atoms with Gasteiger partial charge < -0.3 is 9.84 Å². The van der Waals surface area contributed by atoms with Crippen molar-refractivity contribution in [2.45, 2.75) is 19.4 Å². The third-order valence-corrected chi connectivity index (χ3v) is 1.91. The normalized spacial score (nSPS) is 11.8. The monoisotopic (exact) mass is 191 g/mol. The predicted molar refractivity (Wildman–Crippen MR) is 52.9 cm³/mol. The Hall–Kier alpha value is -1.53. The third kappa shape index (κ3) is 2.75. The first-order valence-electron chi connectivity index (χ1n) is 4.58. The SMILES string of the molecule is CCC(O)COc1ccccc1C#N. The summed E-state index contributed by atoms with van der Waals surface area (Å²) < 4.78 is 5.31. The molecule has 0 heterocycles. The molecular formula is C11H13NO2. The molecule has 0 amide bonds. The summed E-state index contributed by atoms with van der Waals surface area (Å²) in [6.07, 6.45) is 0.177. The van der Waals surface area contributed by atoms with E-state index in [2.05, 4.69) is 0 Å². The zero-order valence-corrected chi connectivity index (χ0v) is 8.10. The molecule has 1 atom stereocenters. The number of ether oxygens (including phenoxy) is 1. The van der Waals surface area contributed by atoms with Crippen LogP contribution in [0.1, 0.15) is 18.9 Å². The summed E-state index contributed by atoms with van der Waals surface area (Å²) in [6.45, 7) is 2.11. The summed E-state index contributed by atoms with van der Waals surface area (Å²) in [6, 6.07) is 9.02. The number of benzene rings is 1. The smallest absolute Gasteiger partial charge is 0.137 e. The fourth-order valence-electron chi connectivity index (χ4n) is 0.989. The maximum absolute atomic E-state index is 9.27. The second-order valence-corrected chi connectivity index (χ2v) is 2.98. The minimum absolute atomic E-state index is 0.231. The minimum Gasteiger partial charge on any atom is -0.490 e. The summed E-state index contributed by atoms with van der Waals surface area (Å²) in [5.74, 6) is 0.530. The molecule has 0 aromatic heterocycles. The molecule has 0 aliphatic heterocycles. The minimum atomic E-state index is -0.471. The lowest BCUT2D eigenvalue weighted by molar-refractivity contribution is 0.104. The van der Waals surface area contributed by atoms with Gasteiger partial charge in [-0.3, -0.25) is 0 Å². The van der Waals surface area contributed by atoms with Crippen LogP contribution in [0.15, 0.2) is 24.3 Å². The number of aliphatic hydroxyl groups is 1. The lowest BCUT2D eigenvalue weighted by Crippen LogP contribution is -2.16. The average molecular weight is 191 g/mol. The number of aliphatic hydroxyl groups excluding tert-OH is 1. The van der Waals surface area contributed by atoms with Crippen molar-refractivity contribution in [2.24, 2.45) is 0 Å². The molecule has 0 aliphatic rings. The quantitative estimate of drug-likeness (QED) is 0.788. The highest BCUT2D eigenvalue weighted by Crippen LogP contribution is 2.16. The highest BCUT2D eigenvalue weighted by molar-refractivity contribution is 5.42. The van der Waals surface area contributed by atoms with Crippen LogP contribution in [0.3, 0.4) is 0 Å². The molecule has 74 valence electrons. The second kappa shape index (κ2) is 5.25. The molecule has 1 rings (SSSR count). The molecule has 0 saturated heterocycles. The molecular weight excluding hydrogens is 178 g/mol. The summed E-state index contributed by atoms with van der Waals surface area (Å²) in [5.41, 5.74) is 0.496. The van der Waals surface area contributed by atoms with Gasteiger partial charge in [-0.25, -0.2) is 0 Å². The van der Waals surface area contributed by atoms with E-state index in [1.165, 1.54) is 0 Å². The summed E-state index contributed by atoms with van der Waals surface area (Å²) in [5, 5.41) is 18.0. The van der Waals surface area contributed by atoms with Gasteiger partial charge in [0.15, 0.2) is 0 Å². The zero-order valence-electron chi connectivity index (χ0n) is 8.10. The summed E-state index contributed by atoms with van der Waals surface area (Å²) >= 11 is 0. The van der Waals surface area contributed by atoms with Crippen molar-refractivity contribution >= 4 is 0 Å². The van der Waals surface area contributed by atoms with Crippen LogP contribution >= 0.6 is 0 Å². The van der Waals surface area contributed by atoms with E-state index >= 15 is 0 Å². The molecule has 0 saturated carbocycles. The Kier molecular flexibility index (Phi) is 3.96. The number of hydrogen-bond acceptors (Lipinski definition) is 3.